The van der Waals surface area contributed by atoms with Crippen molar-refractivity contribution in [1.29, 1.82) is 0 Å². The van der Waals surface area contributed by atoms with Crippen molar-refractivity contribution >= 4 is 28.7 Å². The van der Waals surface area contributed by atoms with Gasteiger partial charge in [-0.1, -0.05) is 41.9 Å². The van der Waals surface area contributed by atoms with Crippen LogP contribution in [0, 0.1) is 17.7 Å². The first-order valence-electron chi connectivity index (χ1n) is 11.8. The number of rotatable bonds is 7. The van der Waals surface area contributed by atoms with Gasteiger partial charge < -0.3 is 15.6 Å². The van der Waals surface area contributed by atoms with E-state index in [1.54, 1.807) is 18.3 Å². The minimum absolute atomic E-state index is 0.254. The number of nitrogens with zero attached hydrogens (tertiary/aromatic N) is 4. The maximum atomic E-state index is 14.0. The number of halogens is 2. The van der Waals surface area contributed by atoms with E-state index >= 15 is 0 Å². The van der Waals surface area contributed by atoms with Gasteiger partial charge in [-0.3, -0.25) is 0 Å². The summed E-state index contributed by atoms with van der Waals surface area (Å²) in [7, 11) is 0. The minimum atomic E-state index is -0.254. The molecule has 2 heterocycles. The molecule has 1 aliphatic rings. The first-order valence-corrected chi connectivity index (χ1v) is 12.2. The van der Waals surface area contributed by atoms with Crippen LogP contribution in [0.2, 0.25) is 5.02 Å². The fourth-order valence-corrected chi connectivity index (χ4v) is 4.97. The van der Waals surface area contributed by atoms with Crippen LogP contribution in [-0.4, -0.2) is 26.1 Å². The van der Waals surface area contributed by atoms with Gasteiger partial charge in [0.2, 0.25) is 5.95 Å². The van der Waals surface area contributed by atoms with E-state index in [2.05, 4.69) is 14.9 Å². The second-order valence-electron chi connectivity index (χ2n) is 9.00. The van der Waals surface area contributed by atoms with E-state index in [0.29, 0.717) is 40.4 Å². The fraction of sp³-hybridized carbons (Fsp3) is 0.346. The molecule has 0 unspecified atom stereocenters. The van der Waals surface area contributed by atoms with E-state index in [1.807, 2.05) is 30.3 Å². The van der Waals surface area contributed by atoms with Gasteiger partial charge in [0, 0.05) is 24.2 Å². The topological polar surface area (TPSA) is 81.7 Å². The standard InChI is InChI=1S/C26H28ClFN6/c27-21-7-3-2-6-20(21)24-32-23-15-31-26(30-14-19-5-1-4-8-22(19)28)33-25(23)34(24)16-18-11-9-17(13-29)10-12-18/h1-8,15,17-18H,9-14,16,29H2,(H,30,31,33). The number of benzene rings is 2. The van der Waals surface area contributed by atoms with Crippen LogP contribution in [0.15, 0.2) is 54.7 Å². The predicted octanol–water partition coefficient (Wildman–Crippen LogP) is 5.66. The van der Waals surface area contributed by atoms with Crippen LogP contribution in [0.3, 0.4) is 0 Å². The zero-order valence-electron chi connectivity index (χ0n) is 18.9. The van der Waals surface area contributed by atoms with Crippen LogP contribution in [0.25, 0.3) is 22.6 Å². The van der Waals surface area contributed by atoms with Crippen molar-refractivity contribution in [1.82, 2.24) is 19.5 Å². The lowest BCUT2D eigenvalue weighted by Crippen LogP contribution is -2.24. The normalized spacial score (nSPS) is 18.3. The number of fused-ring (bicyclic) bond motifs is 1. The molecule has 0 spiro atoms. The van der Waals surface area contributed by atoms with Crippen LogP contribution in [-0.2, 0) is 13.1 Å². The molecule has 176 valence electrons. The Kier molecular flexibility index (Phi) is 6.74. The number of hydrogen-bond donors (Lipinski definition) is 2. The van der Waals surface area contributed by atoms with E-state index in [4.69, 9.17) is 27.3 Å². The molecule has 0 saturated heterocycles. The quantitative estimate of drug-likeness (QED) is 0.358. The van der Waals surface area contributed by atoms with E-state index in [0.717, 1.165) is 55.8 Å². The Morgan fingerprint density at radius 2 is 1.74 bits per heavy atom. The van der Waals surface area contributed by atoms with Crippen molar-refractivity contribution in [3.63, 3.8) is 0 Å². The summed E-state index contributed by atoms with van der Waals surface area (Å²) in [6.07, 6.45) is 6.29. The third-order valence-corrected chi connectivity index (χ3v) is 7.07. The van der Waals surface area contributed by atoms with Crippen LogP contribution < -0.4 is 11.1 Å². The van der Waals surface area contributed by atoms with Gasteiger partial charge in [-0.2, -0.15) is 4.98 Å². The van der Waals surface area contributed by atoms with Crippen LogP contribution >= 0.6 is 11.6 Å². The largest absolute Gasteiger partial charge is 0.350 e. The molecule has 1 aliphatic carbocycles. The SMILES string of the molecule is NCC1CCC(Cn2c(-c3ccccc3Cl)nc3cnc(NCc4ccccc4F)nc32)CC1. The highest BCUT2D eigenvalue weighted by atomic mass is 35.5. The Bertz CT molecular complexity index is 1280. The highest BCUT2D eigenvalue weighted by Gasteiger charge is 2.24. The summed E-state index contributed by atoms with van der Waals surface area (Å²) >= 11 is 6.55. The predicted molar refractivity (Wildman–Crippen MR) is 134 cm³/mol. The lowest BCUT2D eigenvalue weighted by molar-refractivity contribution is 0.258. The highest BCUT2D eigenvalue weighted by molar-refractivity contribution is 6.33. The summed E-state index contributed by atoms with van der Waals surface area (Å²) in [6.45, 7) is 1.86. The molecule has 6 nitrogen and oxygen atoms in total. The summed E-state index contributed by atoms with van der Waals surface area (Å²) in [4.78, 5) is 14.1. The molecule has 1 saturated carbocycles. The molecule has 2 aromatic carbocycles. The number of nitrogens with two attached hydrogens (primary N) is 1. The van der Waals surface area contributed by atoms with E-state index < -0.39 is 0 Å². The number of anilines is 1. The monoisotopic (exact) mass is 478 g/mol. The molecule has 2 aromatic heterocycles. The maximum Gasteiger partial charge on any atom is 0.225 e. The molecule has 0 bridgehead atoms. The number of nitrogens with one attached hydrogen (secondary N) is 1. The lowest BCUT2D eigenvalue weighted by atomic mass is 9.82. The molecule has 5 rings (SSSR count). The molecule has 0 radical (unpaired) electrons. The van der Waals surface area contributed by atoms with Gasteiger partial charge in [0.15, 0.2) is 5.65 Å². The summed E-state index contributed by atoms with van der Waals surface area (Å²) < 4.78 is 16.2. The first kappa shape index (κ1) is 22.7. The van der Waals surface area contributed by atoms with Crippen molar-refractivity contribution in [2.45, 2.75) is 38.8 Å². The van der Waals surface area contributed by atoms with Gasteiger partial charge in [-0.15, -0.1) is 0 Å². The van der Waals surface area contributed by atoms with Crippen LogP contribution in [0.1, 0.15) is 31.2 Å². The molecule has 0 amide bonds. The Balaban J connectivity index is 1.49. The number of imidazole rings is 1. The smallest absolute Gasteiger partial charge is 0.225 e. The van der Waals surface area contributed by atoms with Gasteiger partial charge in [0.05, 0.1) is 11.2 Å². The molecule has 3 N–H and O–H groups in total. The number of hydrogen-bond acceptors (Lipinski definition) is 5. The molecule has 0 aliphatic heterocycles. The van der Waals surface area contributed by atoms with Gasteiger partial charge in [0.1, 0.15) is 17.2 Å². The molecule has 1 fully saturated rings. The molecular formula is C26H28ClFN6. The third kappa shape index (κ3) is 4.76. The minimum Gasteiger partial charge on any atom is -0.350 e. The van der Waals surface area contributed by atoms with Crippen LogP contribution in [0.5, 0.6) is 0 Å². The maximum absolute atomic E-state index is 14.0. The summed E-state index contributed by atoms with van der Waals surface area (Å²) in [5.74, 6) is 2.12. The van der Waals surface area contributed by atoms with Crippen molar-refractivity contribution in [3.05, 3.63) is 71.1 Å². The second-order valence-corrected chi connectivity index (χ2v) is 9.40. The Morgan fingerprint density at radius 3 is 2.50 bits per heavy atom. The molecule has 34 heavy (non-hydrogen) atoms. The average molecular weight is 479 g/mol. The molecular weight excluding hydrogens is 451 g/mol. The van der Waals surface area contributed by atoms with Crippen molar-refractivity contribution in [2.75, 3.05) is 11.9 Å². The summed E-state index contributed by atoms with van der Waals surface area (Å²) in [5.41, 5.74) is 8.79. The fourth-order valence-electron chi connectivity index (χ4n) is 4.75. The van der Waals surface area contributed by atoms with Gasteiger partial charge in [-0.25, -0.2) is 14.4 Å². The summed E-state index contributed by atoms with van der Waals surface area (Å²) in [6, 6.07) is 14.4. The van der Waals surface area contributed by atoms with E-state index in [-0.39, 0.29) is 5.82 Å². The summed E-state index contributed by atoms with van der Waals surface area (Å²) in [5, 5.41) is 3.81. The molecule has 4 aromatic rings. The zero-order chi connectivity index (χ0) is 23.5. The zero-order valence-corrected chi connectivity index (χ0v) is 19.7. The third-order valence-electron chi connectivity index (χ3n) is 6.74. The van der Waals surface area contributed by atoms with Crippen LogP contribution in [0.4, 0.5) is 10.3 Å². The Labute approximate surface area is 203 Å². The van der Waals surface area contributed by atoms with Crippen molar-refractivity contribution in [2.24, 2.45) is 17.6 Å². The van der Waals surface area contributed by atoms with E-state index in [9.17, 15) is 4.39 Å². The van der Waals surface area contributed by atoms with Gasteiger partial charge in [-0.05, 0) is 62.3 Å². The van der Waals surface area contributed by atoms with Gasteiger partial charge in [0.25, 0.3) is 0 Å². The lowest BCUT2D eigenvalue weighted by Gasteiger charge is -2.28. The first-order chi connectivity index (χ1) is 16.6. The molecule has 0 atom stereocenters. The number of aromatic nitrogens is 4. The Hall–Kier alpha value is -3.03. The highest BCUT2D eigenvalue weighted by Crippen LogP contribution is 2.34. The Morgan fingerprint density at radius 1 is 1.00 bits per heavy atom. The van der Waals surface area contributed by atoms with E-state index in [1.165, 1.54) is 6.07 Å². The average Bonchev–Trinajstić information content (AvgIpc) is 3.21. The second kappa shape index (κ2) is 10.1. The van der Waals surface area contributed by atoms with Crippen molar-refractivity contribution in [3.8, 4) is 11.4 Å². The van der Waals surface area contributed by atoms with Gasteiger partial charge >= 0.3 is 0 Å². The van der Waals surface area contributed by atoms with Crippen molar-refractivity contribution < 1.29 is 4.39 Å². The molecule has 8 heteroatoms.